The number of alkyl halides is 3. The summed E-state index contributed by atoms with van der Waals surface area (Å²) in [6, 6.07) is 10.9. The van der Waals surface area contributed by atoms with Crippen LogP contribution in [0.5, 0.6) is 5.75 Å². The number of piperidine rings is 1. The van der Waals surface area contributed by atoms with Crippen molar-refractivity contribution in [2.24, 2.45) is 5.92 Å². The number of thioether (sulfide) groups is 1. The lowest BCUT2D eigenvalue weighted by atomic mass is 9.96. The lowest BCUT2D eigenvalue weighted by Crippen LogP contribution is -2.38. The number of nitrogens with one attached hydrogen (secondary N) is 2. The number of nitrogens with two attached hydrogens (primary N) is 1. The van der Waals surface area contributed by atoms with Crippen LogP contribution in [-0.4, -0.2) is 52.1 Å². The molecular formula is C27H26F3N7O3S. The Kier molecular flexibility index (Phi) is 8.40. The van der Waals surface area contributed by atoms with E-state index < -0.39 is 17.5 Å². The number of halogens is 3. The zero-order chi connectivity index (χ0) is 29.0. The summed E-state index contributed by atoms with van der Waals surface area (Å²) in [5.74, 6) is 0.339. The van der Waals surface area contributed by atoms with Crippen molar-refractivity contribution in [1.29, 1.82) is 0 Å². The standard InChI is InChI=1S/C27H26F3N7O3S/c28-27(29,30)40-20-4-2-1-3-19(20)23-17(5-6-22(31)35-23)15-32-14-16-8-11-37(12-9-16)25-33-10-7-18(34-25)13-21-24(38)36-26(39)41-21/h1-7,10,13,16,32H,8-9,11-12,14-15H2,(H2,31,35)(H,36,38,39)/b21-13+. The Balaban J connectivity index is 1.18. The fourth-order valence-electron chi connectivity index (χ4n) is 4.65. The first-order valence-electron chi connectivity index (χ1n) is 12.8. The van der Waals surface area contributed by atoms with Gasteiger partial charge < -0.3 is 20.7 Å². The van der Waals surface area contributed by atoms with Crippen molar-refractivity contribution in [2.45, 2.75) is 25.7 Å². The van der Waals surface area contributed by atoms with Crippen LogP contribution in [0.1, 0.15) is 24.1 Å². The van der Waals surface area contributed by atoms with Gasteiger partial charge in [0.05, 0.1) is 16.3 Å². The van der Waals surface area contributed by atoms with Crippen molar-refractivity contribution in [3.8, 4) is 17.0 Å². The van der Waals surface area contributed by atoms with E-state index in [1.807, 2.05) is 0 Å². The van der Waals surface area contributed by atoms with Gasteiger partial charge in [-0.15, -0.1) is 13.2 Å². The summed E-state index contributed by atoms with van der Waals surface area (Å²) >= 11 is 0.838. The molecule has 5 rings (SSSR count). The third kappa shape index (κ3) is 7.32. The second-order valence-corrected chi connectivity index (χ2v) is 10.5. The predicted molar refractivity (Wildman–Crippen MR) is 149 cm³/mol. The minimum atomic E-state index is -4.83. The van der Waals surface area contributed by atoms with Crippen molar-refractivity contribution in [2.75, 3.05) is 30.3 Å². The maximum atomic E-state index is 13.0. The van der Waals surface area contributed by atoms with Crippen LogP contribution in [-0.2, 0) is 11.3 Å². The van der Waals surface area contributed by atoms with E-state index in [2.05, 4.69) is 35.2 Å². The maximum absolute atomic E-state index is 13.0. The van der Waals surface area contributed by atoms with E-state index in [4.69, 9.17) is 5.73 Å². The third-order valence-electron chi connectivity index (χ3n) is 6.60. The fourth-order valence-corrected chi connectivity index (χ4v) is 5.32. The molecule has 14 heteroatoms. The number of carbonyl (C=O) groups excluding carboxylic acids is 2. The van der Waals surface area contributed by atoms with E-state index in [-0.39, 0.29) is 17.1 Å². The molecule has 2 amide bonds. The molecule has 2 saturated heterocycles. The zero-order valence-electron chi connectivity index (χ0n) is 21.6. The average Bonchev–Trinajstić information content (AvgIpc) is 3.25. The maximum Gasteiger partial charge on any atom is 0.573 e. The Labute approximate surface area is 237 Å². The quantitative estimate of drug-likeness (QED) is 0.328. The zero-order valence-corrected chi connectivity index (χ0v) is 22.5. The second-order valence-electron chi connectivity index (χ2n) is 9.48. The Hall–Kier alpha value is -4.17. The minimum absolute atomic E-state index is 0.194. The number of anilines is 2. The molecule has 41 heavy (non-hydrogen) atoms. The van der Waals surface area contributed by atoms with Gasteiger partial charge in [0.15, 0.2) is 0 Å². The van der Waals surface area contributed by atoms with Crippen LogP contribution in [0.3, 0.4) is 0 Å². The summed E-state index contributed by atoms with van der Waals surface area (Å²) < 4.78 is 43.1. The number of ether oxygens (including phenoxy) is 1. The van der Waals surface area contributed by atoms with Gasteiger partial charge in [-0.1, -0.05) is 18.2 Å². The SMILES string of the molecule is Nc1ccc(CNCC2CCN(c3nccc(/C=C4/SC(=O)NC4=O)n3)CC2)c(-c2ccccc2OC(F)(F)F)n1. The van der Waals surface area contributed by atoms with Crippen LogP contribution >= 0.6 is 11.8 Å². The van der Waals surface area contributed by atoms with Crippen LogP contribution in [0.4, 0.5) is 29.7 Å². The van der Waals surface area contributed by atoms with Crippen molar-refractivity contribution in [3.05, 3.63) is 64.8 Å². The van der Waals surface area contributed by atoms with Crippen LogP contribution in [0.25, 0.3) is 17.3 Å². The number of amides is 2. The van der Waals surface area contributed by atoms with E-state index in [0.717, 1.165) is 37.7 Å². The molecule has 1 aromatic carbocycles. The highest BCUT2D eigenvalue weighted by Crippen LogP contribution is 2.35. The van der Waals surface area contributed by atoms with Gasteiger partial charge in [-0.2, -0.15) is 0 Å². The molecule has 0 radical (unpaired) electrons. The Morgan fingerprint density at radius 1 is 1.12 bits per heavy atom. The molecule has 4 N–H and O–H groups in total. The largest absolute Gasteiger partial charge is 0.573 e. The summed E-state index contributed by atoms with van der Waals surface area (Å²) in [4.78, 5) is 38.8. The van der Waals surface area contributed by atoms with E-state index in [0.29, 0.717) is 46.8 Å². The van der Waals surface area contributed by atoms with E-state index >= 15 is 0 Å². The van der Waals surface area contributed by atoms with Crippen LogP contribution < -0.4 is 26.0 Å². The molecule has 0 spiro atoms. The molecule has 2 aliphatic heterocycles. The minimum Gasteiger partial charge on any atom is -0.405 e. The highest BCUT2D eigenvalue weighted by molar-refractivity contribution is 8.18. The van der Waals surface area contributed by atoms with E-state index in [1.54, 1.807) is 36.5 Å². The highest BCUT2D eigenvalue weighted by atomic mass is 32.2. The molecule has 2 aliphatic rings. The molecule has 0 saturated carbocycles. The summed E-state index contributed by atoms with van der Waals surface area (Å²) in [5, 5.41) is 5.23. The summed E-state index contributed by atoms with van der Waals surface area (Å²) in [6.07, 6.45) is 0.116. The molecule has 0 aliphatic carbocycles. The van der Waals surface area contributed by atoms with Gasteiger partial charge in [0.1, 0.15) is 11.6 Å². The Morgan fingerprint density at radius 3 is 2.63 bits per heavy atom. The van der Waals surface area contributed by atoms with Crippen LogP contribution in [0.15, 0.2) is 53.6 Å². The average molecular weight is 586 g/mol. The van der Waals surface area contributed by atoms with Gasteiger partial charge in [0.2, 0.25) is 5.95 Å². The van der Waals surface area contributed by atoms with Crippen molar-refractivity contribution in [1.82, 2.24) is 25.6 Å². The number of rotatable bonds is 8. The van der Waals surface area contributed by atoms with Crippen LogP contribution in [0.2, 0.25) is 0 Å². The number of pyridine rings is 1. The molecular weight excluding hydrogens is 559 g/mol. The molecule has 10 nitrogen and oxygen atoms in total. The number of imide groups is 1. The lowest BCUT2D eigenvalue weighted by Gasteiger charge is -2.32. The normalized spacial score (nSPS) is 17.2. The second kappa shape index (κ2) is 12.1. The van der Waals surface area contributed by atoms with Crippen LogP contribution in [0, 0.1) is 5.92 Å². The number of hydrogen-bond donors (Lipinski definition) is 3. The molecule has 214 valence electrons. The Bertz CT molecular complexity index is 1480. The van der Waals surface area contributed by atoms with Gasteiger partial charge in [0.25, 0.3) is 11.1 Å². The van der Waals surface area contributed by atoms with Crippen molar-refractivity contribution >= 4 is 40.8 Å². The van der Waals surface area contributed by atoms with Gasteiger partial charge in [-0.25, -0.2) is 15.0 Å². The number of para-hydroxylation sites is 1. The fraction of sp³-hybridized carbons (Fsp3) is 0.296. The van der Waals surface area contributed by atoms with Gasteiger partial charge >= 0.3 is 6.36 Å². The first kappa shape index (κ1) is 28.4. The van der Waals surface area contributed by atoms with E-state index in [9.17, 15) is 22.8 Å². The van der Waals surface area contributed by atoms with Crippen molar-refractivity contribution in [3.63, 3.8) is 0 Å². The number of benzene rings is 1. The highest BCUT2D eigenvalue weighted by Gasteiger charge is 2.32. The lowest BCUT2D eigenvalue weighted by molar-refractivity contribution is -0.274. The third-order valence-corrected chi connectivity index (χ3v) is 7.41. The molecule has 0 unspecified atom stereocenters. The molecule has 4 heterocycles. The van der Waals surface area contributed by atoms with Gasteiger partial charge in [-0.05, 0) is 73.0 Å². The summed E-state index contributed by atoms with van der Waals surface area (Å²) in [6.45, 7) is 2.55. The monoisotopic (exact) mass is 585 g/mol. The first-order valence-corrected chi connectivity index (χ1v) is 13.6. The number of nitrogen functional groups attached to an aromatic ring is 1. The van der Waals surface area contributed by atoms with E-state index in [1.165, 1.54) is 18.2 Å². The number of aromatic nitrogens is 3. The summed E-state index contributed by atoms with van der Waals surface area (Å²) in [7, 11) is 0. The smallest absolute Gasteiger partial charge is 0.405 e. The predicted octanol–water partition coefficient (Wildman–Crippen LogP) is 4.35. The van der Waals surface area contributed by atoms with Crippen molar-refractivity contribution < 1.29 is 27.5 Å². The molecule has 3 aromatic rings. The first-order chi connectivity index (χ1) is 19.6. The molecule has 0 bridgehead atoms. The number of carbonyl (C=O) groups is 2. The van der Waals surface area contributed by atoms with Gasteiger partial charge in [0, 0.05) is 31.4 Å². The number of hydrogen-bond acceptors (Lipinski definition) is 10. The summed E-state index contributed by atoms with van der Waals surface area (Å²) in [5.41, 5.74) is 7.65. The topological polar surface area (TPSA) is 135 Å². The van der Waals surface area contributed by atoms with Gasteiger partial charge in [-0.3, -0.25) is 14.9 Å². The Morgan fingerprint density at radius 2 is 1.90 bits per heavy atom. The molecule has 2 fully saturated rings. The molecule has 0 atom stereocenters. The molecule has 2 aromatic heterocycles. The number of nitrogens with zero attached hydrogens (tertiary/aromatic N) is 4.